The van der Waals surface area contributed by atoms with E-state index in [1.165, 1.54) is 12.8 Å². The first-order valence-electron chi connectivity index (χ1n) is 9.24. The molecule has 5 nitrogen and oxygen atoms in total. The molecular weight excluding hydrogens is 372 g/mol. The van der Waals surface area contributed by atoms with Crippen molar-refractivity contribution in [2.24, 2.45) is 5.92 Å². The topological polar surface area (TPSA) is 75.0 Å². The highest BCUT2D eigenvalue weighted by molar-refractivity contribution is 7.99. The maximum Gasteiger partial charge on any atom is 0.323 e. The third kappa shape index (κ3) is 6.09. The van der Waals surface area contributed by atoms with Crippen LogP contribution in [0, 0.1) is 5.92 Å². The molecule has 1 heterocycles. The zero-order valence-electron chi connectivity index (χ0n) is 15.4. The van der Waals surface area contributed by atoms with E-state index in [0.717, 1.165) is 29.9 Å². The predicted molar refractivity (Wildman–Crippen MR) is 108 cm³/mol. The van der Waals surface area contributed by atoms with Gasteiger partial charge in [0.15, 0.2) is 0 Å². The normalized spacial score (nSPS) is 12.4. The van der Waals surface area contributed by atoms with E-state index in [2.05, 4.69) is 23.8 Å². The Balaban J connectivity index is 1.72. The number of carbonyl (C=O) groups is 1. The van der Waals surface area contributed by atoms with E-state index in [-0.39, 0.29) is 11.7 Å². The van der Waals surface area contributed by atoms with Crippen molar-refractivity contribution >= 4 is 40.4 Å². The lowest BCUT2D eigenvalue weighted by molar-refractivity contribution is -0.145. The number of hydrogen-bond acceptors (Lipinski definition) is 4. The Bertz CT molecular complexity index is 772. The molecule has 0 aliphatic heterocycles. The number of ether oxygens (including phenoxy) is 1. The minimum absolute atomic E-state index is 0.128. The largest absolute Gasteiger partial charge is 0.465 e. The quantitative estimate of drug-likeness (QED) is 0.312. The van der Waals surface area contributed by atoms with E-state index >= 15 is 0 Å². The molecule has 0 amide bonds. The number of thioether (sulfide) groups is 1. The molecule has 1 aromatic heterocycles. The number of unbranched alkanes of at least 4 members (excludes halogenated alkanes) is 1. The van der Waals surface area contributed by atoms with Gasteiger partial charge < -0.3 is 14.7 Å². The van der Waals surface area contributed by atoms with Gasteiger partial charge in [-0.2, -0.15) is 0 Å². The van der Waals surface area contributed by atoms with Gasteiger partial charge in [-0.3, -0.25) is 4.79 Å². The summed E-state index contributed by atoms with van der Waals surface area (Å²) in [5, 5.41) is 0.537. The van der Waals surface area contributed by atoms with Gasteiger partial charge >= 0.3 is 11.7 Å². The average molecular weight is 399 g/mol. The van der Waals surface area contributed by atoms with E-state index in [9.17, 15) is 9.59 Å². The summed E-state index contributed by atoms with van der Waals surface area (Å²) in [6.45, 7) is 4.85. The number of aromatic amines is 2. The number of halogens is 1. The predicted octanol–water partition coefficient (Wildman–Crippen LogP) is 5.14. The van der Waals surface area contributed by atoms with E-state index in [4.69, 9.17) is 16.3 Å². The van der Waals surface area contributed by atoms with Crippen molar-refractivity contribution in [2.45, 2.75) is 57.3 Å². The fraction of sp³-hybridized carbons (Fsp3) is 0.579. The van der Waals surface area contributed by atoms with Crippen LogP contribution in [0.15, 0.2) is 21.8 Å². The van der Waals surface area contributed by atoms with Crippen molar-refractivity contribution in [3.63, 3.8) is 0 Å². The maximum absolute atomic E-state index is 11.9. The smallest absolute Gasteiger partial charge is 0.323 e. The second kappa shape index (κ2) is 10.7. The highest BCUT2D eigenvalue weighted by Crippen LogP contribution is 2.32. The molecule has 0 spiro atoms. The number of aromatic nitrogens is 2. The second-order valence-electron chi connectivity index (χ2n) is 6.43. The number of H-pyrrole nitrogens is 2. The number of nitrogens with one attached hydrogen (secondary N) is 2. The molecule has 26 heavy (non-hydrogen) atoms. The first kappa shape index (κ1) is 20.9. The molecule has 0 aliphatic rings. The molecule has 0 aliphatic carbocycles. The molecule has 1 aromatic carbocycles. The molecule has 7 heteroatoms. The maximum atomic E-state index is 11.9. The molecule has 1 unspecified atom stereocenters. The zero-order chi connectivity index (χ0) is 18.9. The van der Waals surface area contributed by atoms with Crippen LogP contribution in [0.2, 0.25) is 5.02 Å². The van der Waals surface area contributed by atoms with Crippen molar-refractivity contribution in [3.05, 3.63) is 27.6 Å². The monoisotopic (exact) mass is 398 g/mol. The second-order valence-corrected chi connectivity index (χ2v) is 7.95. The highest BCUT2D eigenvalue weighted by atomic mass is 35.5. The Morgan fingerprint density at radius 1 is 1.27 bits per heavy atom. The molecule has 0 saturated heterocycles. The van der Waals surface area contributed by atoms with Gasteiger partial charge in [-0.05, 0) is 36.6 Å². The van der Waals surface area contributed by atoms with Gasteiger partial charge in [0.05, 0.1) is 22.7 Å². The number of hydrogen-bond donors (Lipinski definition) is 2. The van der Waals surface area contributed by atoms with Crippen LogP contribution < -0.4 is 5.69 Å². The van der Waals surface area contributed by atoms with Crippen LogP contribution in [-0.4, -0.2) is 28.3 Å². The number of carbonyl (C=O) groups excluding carboxylic acids is 1. The first-order chi connectivity index (χ1) is 12.5. The molecular formula is C19H27ClN2O3S. The van der Waals surface area contributed by atoms with Crippen LogP contribution in [0.3, 0.4) is 0 Å². The summed E-state index contributed by atoms with van der Waals surface area (Å²) in [7, 11) is 0. The Morgan fingerprint density at radius 2 is 2.08 bits per heavy atom. The van der Waals surface area contributed by atoms with Gasteiger partial charge in [0, 0.05) is 11.3 Å². The molecule has 1 atom stereocenters. The summed E-state index contributed by atoms with van der Waals surface area (Å²) < 4.78 is 5.41. The molecule has 2 rings (SSSR count). The minimum atomic E-state index is -0.267. The lowest BCUT2D eigenvalue weighted by Crippen LogP contribution is -2.13. The summed E-state index contributed by atoms with van der Waals surface area (Å²) in [5.41, 5.74) is 1.05. The van der Waals surface area contributed by atoms with Crippen molar-refractivity contribution in [1.82, 2.24) is 9.97 Å². The van der Waals surface area contributed by atoms with Crippen LogP contribution in [0.1, 0.15) is 52.4 Å². The standard InChI is InChI=1S/C19H27ClN2O3S/c1-3-5-7-13(4-2)12-25-16(23)8-6-11-26-15-10-9-14-18(17(15)20)22-19(24)21-14/h9-10,13H,3-8,11-12H2,1-2H3,(H2,21,22,24). The molecule has 144 valence electrons. The number of benzene rings is 1. The SMILES string of the molecule is CCCCC(CC)COC(=O)CCCSc1ccc2[nH]c(=O)[nH]c2c1Cl. The van der Waals surface area contributed by atoms with E-state index < -0.39 is 0 Å². The van der Waals surface area contributed by atoms with Crippen molar-refractivity contribution in [1.29, 1.82) is 0 Å². The average Bonchev–Trinajstić information content (AvgIpc) is 3.02. The van der Waals surface area contributed by atoms with Crippen LogP contribution in [0.5, 0.6) is 0 Å². The molecule has 0 bridgehead atoms. The van der Waals surface area contributed by atoms with Crippen LogP contribution in [-0.2, 0) is 9.53 Å². The number of esters is 1. The third-order valence-electron chi connectivity index (χ3n) is 4.40. The summed E-state index contributed by atoms with van der Waals surface area (Å²) in [6.07, 6.45) is 5.67. The van der Waals surface area contributed by atoms with Gasteiger partial charge in [0.25, 0.3) is 0 Å². The fourth-order valence-corrected chi connectivity index (χ4v) is 4.02. The third-order valence-corrected chi connectivity index (χ3v) is 6.05. The first-order valence-corrected chi connectivity index (χ1v) is 10.6. The van der Waals surface area contributed by atoms with Crippen molar-refractivity contribution in [3.8, 4) is 0 Å². The van der Waals surface area contributed by atoms with Gasteiger partial charge in [-0.1, -0.05) is 44.7 Å². The summed E-state index contributed by atoms with van der Waals surface area (Å²) in [6, 6.07) is 3.72. The molecule has 2 aromatic rings. The van der Waals surface area contributed by atoms with Gasteiger partial charge in [0.1, 0.15) is 0 Å². The summed E-state index contributed by atoms with van der Waals surface area (Å²) >= 11 is 7.91. The Morgan fingerprint density at radius 3 is 2.81 bits per heavy atom. The van der Waals surface area contributed by atoms with Gasteiger partial charge in [0.2, 0.25) is 0 Å². The lowest BCUT2D eigenvalue weighted by Gasteiger charge is -2.14. The van der Waals surface area contributed by atoms with Crippen LogP contribution in [0.4, 0.5) is 0 Å². The number of rotatable bonds is 11. The Hall–Kier alpha value is -1.40. The molecule has 0 radical (unpaired) electrons. The van der Waals surface area contributed by atoms with Crippen LogP contribution >= 0.6 is 23.4 Å². The van der Waals surface area contributed by atoms with E-state index in [0.29, 0.717) is 35.0 Å². The van der Waals surface area contributed by atoms with E-state index in [1.807, 2.05) is 12.1 Å². The summed E-state index contributed by atoms with van der Waals surface area (Å²) in [4.78, 5) is 29.5. The minimum Gasteiger partial charge on any atom is -0.465 e. The number of imidazole rings is 1. The molecule has 0 saturated carbocycles. The highest BCUT2D eigenvalue weighted by Gasteiger charge is 2.11. The van der Waals surface area contributed by atoms with Gasteiger partial charge in [-0.25, -0.2) is 4.79 Å². The molecule has 0 fully saturated rings. The zero-order valence-corrected chi connectivity index (χ0v) is 17.0. The van der Waals surface area contributed by atoms with Crippen molar-refractivity contribution in [2.75, 3.05) is 12.4 Å². The fourth-order valence-electron chi connectivity index (χ4n) is 2.74. The summed E-state index contributed by atoms with van der Waals surface area (Å²) in [5.74, 6) is 1.11. The van der Waals surface area contributed by atoms with E-state index in [1.54, 1.807) is 11.8 Å². The Labute approximate surface area is 163 Å². The van der Waals surface area contributed by atoms with Crippen LogP contribution in [0.25, 0.3) is 11.0 Å². The Kier molecular flexibility index (Phi) is 8.59. The lowest BCUT2D eigenvalue weighted by atomic mass is 10.0. The number of fused-ring (bicyclic) bond motifs is 1. The van der Waals surface area contributed by atoms with Gasteiger partial charge in [-0.15, -0.1) is 11.8 Å². The molecule has 2 N–H and O–H groups in total. The van der Waals surface area contributed by atoms with Crippen molar-refractivity contribution < 1.29 is 9.53 Å².